The molecule has 0 saturated heterocycles. The van der Waals surface area contributed by atoms with Crippen LogP contribution in [0.1, 0.15) is 33.3 Å². The van der Waals surface area contributed by atoms with Gasteiger partial charge < -0.3 is 10.6 Å². The van der Waals surface area contributed by atoms with Crippen LogP contribution in [0.5, 0.6) is 0 Å². The van der Waals surface area contributed by atoms with Gasteiger partial charge in [-0.05, 0) is 43.3 Å². The molecule has 0 bridgehead atoms. The van der Waals surface area contributed by atoms with E-state index in [1.165, 1.54) is 42.5 Å². The lowest BCUT2D eigenvalue weighted by atomic mass is 10.1. The summed E-state index contributed by atoms with van der Waals surface area (Å²) in [5, 5.41) is 19.0. The van der Waals surface area contributed by atoms with Crippen LogP contribution in [-0.2, 0) is 6.54 Å². The third kappa shape index (κ3) is 4.77. The number of carbonyl (C=O) groups is 2. The highest BCUT2D eigenvalue weighted by Gasteiger charge is 2.10. The van der Waals surface area contributed by atoms with Gasteiger partial charge in [0, 0.05) is 34.3 Å². The SMILES string of the molecule is CC(=O)c1ccc(Nc2nc(CNC(=O)c3ccc([N+](=O)[O-])cc3)cs2)cc1. The fourth-order valence-corrected chi connectivity index (χ4v) is 3.10. The van der Waals surface area contributed by atoms with Gasteiger partial charge in [0.2, 0.25) is 0 Å². The summed E-state index contributed by atoms with van der Waals surface area (Å²) in [6.07, 6.45) is 0. The summed E-state index contributed by atoms with van der Waals surface area (Å²) < 4.78 is 0. The van der Waals surface area contributed by atoms with Gasteiger partial charge in [-0.3, -0.25) is 19.7 Å². The highest BCUT2D eigenvalue weighted by atomic mass is 32.1. The Labute approximate surface area is 164 Å². The molecule has 2 N–H and O–H groups in total. The first-order valence-electron chi connectivity index (χ1n) is 8.27. The molecule has 3 aromatic rings. The van der Waals surface area contributed by atoms with Crippen LogP contribution in [0.15, 0.2) is 53.9 Å². The van der Waals surface area contributed by atoms with Crippen LogP contribution in [-0.4, -0.2) is 21.6 Å². The summed E-state index contributed by atoms with van der Waals surface area (Å²) in [4.78, 5) is 38.0. The van der Waals surface area contributed by atoms with Crippen molar-refractivity contribution in [2.45, 2.75) is 13.5 Å². The van der Waals surface area contributed by atoms with Gasteiger partial charge in [0.1, 0.15) is 0 Å². The van der Waals surface area contributed by atoms with Crippen molar-refractivity contribution >= 4 is 39.5 Å². The molecule has 0 saturated carbocycles. The highest BCUT2D eigenvalue weighted by Crippen LogP contribution is 2.21. The zero-order chi connectivity index (χ0) is 20.1. The molecule has 9 heteroatoms. The number of nitrogens with one attached hydrogen (secondary N) is 2. The Hall–Kier alpha value is -3.59. The fourth-order valence-electron chi connectivity index (χ4n) is 2.36. The molecule has 0 aliphatic rings. The summed E-state index contributed by atoms with van der Waals surface area (Å²) >= 11 is 1.39. The van der Waals surface area contributed by atoms with E-state index in [4.69, 9.17) is 0 Å². The Balaban J connectivity index is 1.56. The third-order valence-electron chi connectivity index (χ3n) is 3.86. The number of rotatable bonds is 7. The van der Waals surface area contributed by atoms with E-state index >= 15 is 0 Å². The molecular weight excluding hydrogens is 380 g/mol. The molecular formula is C19H16N4O4S. The van der Waals surface area contributed by atoms with Crippen molar-refractivity contribution in [1.82, 2.24) is 10.3 Å². The molecule has 1 aromatic heterocycles. The molecule has 8 nitrogen and oxygen atoms in total. The van der Waals surface area contributed by atoms with Gasteiger partial charge in [-0.25, -0.2) is 4.98 Å². The number of nitro benzene ring substituents is 1. The van der Waals surface area contributed by atoms with E-state index in [1.54, 1.807) is 24.3 Å². The standard InChI is InChI=1S/C19H16N4O4S/c1-12(24)13-2-6-15(7-3-13)21-19-22-16(11-28-19)10-20-18(25)14-4-8-17(9-5-14)23(26)27/h2-9,11H,10H2,1H3,(H,20,25)(H,21,22). The number of carbonyl (C=O) groups excluding carboxylic acids is 2. The first kappa shape index (κ1) is 19.2. The summed E-state index contributed by atoms with van der Waals surface area (Å²) in [6, 6.07) is 12.5. The smallest absolute Gasteiger partial charge is 0.269 e. The van der Waals surface area contributed by atoms with Crippen molar-refractivity contribution in [3.05, 3.63) is 80.8 Å². The number of nitro groups is 1. The van der Waals surface area contributed by atoms with E-state index in [0.29, 0.717) is 22.0 Å². The second kappa shape index (κ2) is 8.40. The molecule has 3 rings (SSSR count). The molecule has 2 aromatic carbocycles. The predicted octanol–water partition coefficient (Wildman–Crippen LogP) is 3.93. The summed E-state index contributed by atoms with van der Waals surface area (Å²) in [5.41, 5.74) is 2.40. The lowest BCUT2D eigenvalue weighted by Crippen LogP contribution is -2.22. The quantitative estimate of drug-likeness (QED) is 0.355. The zero-order valence-electron chi connectivity index (χ0n) is 14.8. The first-order chi connectivity index (χ1) is 13.4. The van der Waals surface area contributed by atoms with Crippen molar-refractivity contribution in [2.75, 3.05) is 5.32 Å². The van der Waals surface area contributed by atoms with Crippen LogP contribution >= 0.6 is 11.3 Å². The van der Waals surface area contributed by atoms with E-state index < -0.39 is 4.92 Å². The van der Waals surface area contributed by atoms with Crippen molar-refractivity contribution < 1.29 is 14.5 Å². The van der Waals surface area contributed by atoms with E-state index in [0.717, 1.165) is 5.69 Å². The van der Waals surface area contributed by atoms with Gasteiger partial charge in [-0.1, -0.05) is 0 Å². The Morgan fingerprint density at radius 1 is 1.07 bits per heavy atom. The Bertz CT molecular complexity index is 1010. The number of hydrogen-bond donors (Lipinski definition) is 2. The summed E-state index contributed by atoms with van der Waals surface area (Å²) in [5.74, 6) is -0.330. The van der Waals surface area contributed by atoms with Gasteiger partial charge >= 0.3 is 0 Å². The van der Waals surface area contributed by atoms with Crippen LogP contribution in [0.2, 0.25) is 0 Å². The number of non-ortho nitro benzene ring substituents is 1. The number of Topliss-reactive ketones (excluding diaryl/α,β-unsaturated/α-hetero) is 1. The van der Waals surface area contributed by atoms with Crippen LogP contribution in [0.4, 0.5) is 16.5 Å². The molecule has 0 spiro atoms. The monoisotopic (exact) mass is 396 g/mol. The molecule has 0 radical (unpaired) electrons. The fraction of sp³-hybridized carbons (Fsp3) is 0.105. The molecule has 0 unspecified atom stereocenters. The molecule has 142 valence electrons. The third-order valence-corrected chi connectivity index (χ3v) is 4.67. The highest BCUT2D eigenvalue weighted by molar-refractivity contribution is 7.13. The maximum atomic E-state index is 12.1. The minimum Gasteiger partial charge on any atom is -0.346 e. The van der Waals surface area contributed by atoms with E-state index in [2.05, 4.69) is 15.6 Å². The van der Waals surface area contributed by atoms with E-state index in [-0.39, 0.29) is 23.9 Å². The number of amides is 1. The van der Waals surface area contributed by atoms with E-state index in [9.17, 15) is 19.7 Å². The maximum absolute atomic E-state index is 12.1. The largest absolute Gasteiger partial charge is 0.346 e. The molecule has 0 atom stereocenters. The number of aromatic nitrogens is 1. The first-order valence-corrected chi connectivity index (χ1v) is 9.15. The number of anilines is 2. The van der Waals surface area contributed by atoms with E-state index in [1.807, 2.05) is 5.38 Å². The molecule has 0 aliphatic carbocycles. The van der Waals surface area contributed by atoms with Crippen LogP contribution in [0, 0.1) is 10.1 Å². The summed E-state index contributed by atoms with van der Waals surface area (Å²) in [7, 11) is 0. The number of hydrogen-bond acceptors (Lipinski definition) is 7. The zero-order valence-corrected chi connectivity index (χ0v) is 15.7. The Kier molecular flexibility index (Phi) is 5.75. The predicted molar refractivity (Wildman–Crippen MR) is 106 cm³/mol. The number of benzene rings is 2. The van der Waals surface area contributed by atoms with Crippen molar-refractivity contribution in [3.63, 3.8) is 0 Å². The Morgan fingerprint density at radius 2 is 1.71 bits per heavy atom. The lowest BCUT2D eigenvalue weighted by Gasteiger charge is -2.04. The average molecular weight is 396 g/mol. The molecule has 0 fully saturated rings. The van der Waals surface area contributed by atoms with Crippen molar-refractivity contribution in [1.29, 1.82) is 0 Å². The second-order valence-electron chi connectivity index (χ2n) is 5.89. The van der Waals surface area contributed by atoms with Gasteiger partial charge in [0.25, 0.3) is 11.6 Å². The minimum atomic E-state index is -0.515. The molecule has 28 heavy (non-hydrogen) atoms. The van der Waals surface area contributed by atoms with Crippen molar-refractivity contribution in [3.8, 4) is 0 Å². The molecule has 1 heterocycles. The average Bonchev–Trinajstić information content (AvgIpc) is 3.14. The molecule has 1 amide bonds. The van der Waals surface area contributed by atoms with Crippen LogP contribution in [0.25, 0.3) is 0 Å². The van der Waals surface area contributed by atoms with Gasteiger partial charge in [0.15, 0.2) is 10.9 Å². The number of ketones is 1. The van der Waals surface area contributed by atoms with Crippen molar-refractivity contribution in [2.24, 2.45) is 0 Å². The van der Waals surface area contributed by atoms with Crippen LogP contribution < -0.4 is 10.6 Å². The van der Waals surface area contributed by atoms with Crippen LogP contribution in [0.3, 0.4) is 0 Å². The van der Waals surface area contributed by atoms with Gasteiger partial charge in [-0.2, -0.15) is 0 Å². The number of nitrogens with zero attached hydrogens (tertiary/aromatic N) is 2. The van der Waals surface area contributed by atoms with Gasteiger partial charge in [-0.15, -0.1) is 11.3 Å². The lowest BCUT2D eigenvalue weighted by molar-refractivity contribution is -0.384. The number of thiazole rings is 1. The summed E-state index contributed by atoms with van der Waals surface area (Å²) in [6.45, 7) is 1.75. The normalized spacial score (nSPS) is 10.3. The van der Waals surface area contributed by atoms with Gasteiger partial charge in [0.05, 0.1) is 17.2 Å². The second-order valence-corrected chi connectivity index (χ2v) is 6.75. The topological polar surface area (TPSA) is 114 Å². The minimum absolute atomic E-state index is 0.00634. The maximum Gasteiger partial charge on any atom is 0.269 e. The molecule has 0 aliphatic heterocycles. The Morgan fingerprint density at radius 3 is 2.32 bits per heavy atom.